The number of benzene rings is 1. The zero-order chi connectivity index (χ0) is 13.8. The highest BCUT2D eigenvalue weighted by atomic mass is 19.1. The summed E-state index contributed by atoms with van der Waals surface area (Å²) in [7, 11) is 0. The molecule has 0 spiro atoms. The molecule has 1 aromatic heterocycles. The van der Waals surface area contributed by atoms with Crippen LogP contribution in [0.15, 0.2) is 30.6 Å². The topological polar surface area (TPSA) is 56.3 Å². The van der Waals surface area contributed by atoms with Crippen molar-refractivity contribution in [1.29, 1.82) is 0 Å². The molecule has 2 aromatic rings. The van der Waals surface area contributed by atoms with Crippen LogP contribution in [0.4, 0.5) is 10.3 Å². The van der Waals surface area contributed by atoms with Crippen molar-refractivity contribution in [2.45, 2.75) is 6.42 Å². The van der Waals surface area contributed by atoms with Gasteiger partial charge in [-0.3, -0.25) is 0 Å². The number of anilines is 1. The number of rotatable bonds is 4. The number of hydrogen-bond donors (Lipinski definition) is 1. The smallest absolute Gasteiger partial charge is 0.222 e. The monoisotopic (exact) mass is 275 g/mol. The Kier molecular flexibility index (Phi) is 3.62. The normalized spacial score (nSPS) is 13.1. The first-order chi connectivity index (χ1) is 9.81. The maximum Gasteiger partial charge on any atom is 0.222 e. The van der Waals surface area contributed by atoms with Crippen LogP contribution < -0.4 is 14.8 Å². The minimum atomic E-state index is -0.442. The molecule has 0 radical (unpaired) electrons. The van der Waals surface area contributed by atoms with E-state index in [1.54, 1.807) is 0 Å². The van der Waals surface area contributed by atoms with Crippen LogP contribution in [0.3, 0.4) is 0 Å². The van der Waals surface area contributed by atoms with E-state index in [0.29, 0.717) is 25.7 Å². The van der Waals surface area contributed by atoms with Crippen molar-refractivity contribution in [1.82, 2.24) is 9.97 Å². The molecule has 0 saturated heterocycles. The standard InChI is InChI=1S/C14H14FN3O2/c15-11-8-17-14(18-9-11)16-4-3-10-1-2-12-13(7-10)20-6-5-19-12/h1-2,7-9H,3-6H2,(H,16,17,18). The number of nitrogens with zero attached hydrogens (tertiary/aromatic N) is 2. The van der Waals surface area contributed by atoms with Gasteiger partial charge in [0, 0.05) is 6.54 Å². The van der Waals surface area contributed by atoms with Crippen LogP contribution >= 0.6 is 0 Å². The second kappa shape index (κ2) is 5.73. The number of halogens is 1. The van der Waals surface area contributed by atoms with Crippen LogP contribution in [-0.2, 0) is 6.42 Å². The number of hydrogen-bond acceptors (Lipinski definition) is 5. The van der Waals surface area contributed by atoms with E-state index in [-0.39, 0.29) is 0 Å². The van der Waals surface area contributed by atoms with Gasteiger partial charge in [-0.05, 0) is 24.1 Å². The summed E-state index contributed by atoms with van der Waals surface area (Å²) in [5.41, 5.74) is 1.13. The first kappa shape index (κ1) is 12.7. The molecule has 20 heavy (non-hydrogen) atoms. The van der Waals surface area contributed by atoms with Gasteiger partial charge >= 0.3 is 0 Å². The fourth-order valence-electron chi connectivity index (χ4n) is 1.97. The Labute approximate surface area is 115 Å². The minimum absolute atomic E-state index is 0.420. The predicted octanol–water partition coefficient (Wildman–Crippen LogP) is 2.04. The molecule has 1 aliphatic rings. The molecule has 0 bridgehead atoms. The van der Waals surface area contributed by atoms with Crippen molar-refractivity contribution in [3.05, 3.63) is 42.0 Å². The molecular weight excluding hydrogens is 261 g/mol. The third-order valence-corrected chi connectivity index (χ3v) is 2.92. The summed E-state index contributed by atoms with van der Waals surface area (Å²) in [5.74, 6) is 1.55. The molecule has 1 aliphatic heterocycles. The Balaban J connectivity index is 1.57. The van der Waals surface area contributed by atoms with Gasteiger partial charge in [0.2, 0.25) is 5.95 Å². The molecule has 3 rings (SSSR count). The third-order valence-electron chi connectivity index (χ3n) is 2.92. The molecule has 0 aliphatic carbocycles. The fourth-order valence-corrected chi connectivity index (χ4v) is 1.97. The first-order valence-corrected chi connectivity index (χ1v) is 6.41. The van der Waals surface area contributed by atoms with Gasteiger partial charge in [-0.2, -0.15) is 0 Å². The van der Waals surface area contributed by atoms with Crippen molar-refractivity contribution in [2.24, 2.45) is 0 Å². The summed E-state index contributed by atoms with van der Waals surface area (Å²) in [5, 5.41) is 3.04. The van der Waals surface area contributed by atoms with Gasteiger partial charge in [-0.1, -0.05) is 6.07 Å². The number of aromatic nitrogens is 2. The van der Waals surface area contributed by atoms with E-state index < -0.39 is 5.82 Å². The maximum atomic E-state index is 12.7. The second-order valence-electron chi connectivity index (χ2n) is 4.38. The zero-order valence-electron chi connectivity index (χ0n) is 10.8. The van der Waals surface area contributed by atoms with E-state index >= 15 is 0 Å². The van der Waals surface area contributed by atoms with Gasteiger partial charge in [0.25, 0.3) is 0 Å². The summed E-state index contributed by atoms with van der Waals surface area (Å²) in [6.45, 7) is 1.83. The molecule has 1 aromatic carbocycles. The Morgan fingerprint density at radius 2 is 1.85 bits per heavy atom. The Morgan fingerprint density at radius 3 is 2.65 bits per heavy atom. The van der Waals surface area contributed by atoms with E-state index in [1.165, 1.54) is 0 Å². The summed E-state index contributed by atoms with van der Waals surface area (Å²) < 4.78 is 23.7. The van der Waals surface area contributed by atoms with Crippen LogP contribution in [0.5, 0.6) is 11.5 Å². The highest BCUT2D eigenvalue weighted by Gasteiger charge is 2.11. The molecule has 0 unspecified atom stereocenters. The lowest BCUT2D eigenvalue weighted by atomic mass is 10.1. The van der Waals surface area contributed by atoms with E-state index in [0.717, 1.165) is 35.9 Å². The van der Waals surface area contributed by atoms with Gasteiger partial charge in [-0.15, -0.1) is 0 Å². The van der Waals surface area contributed by atoms with E-state index in [2.05, 4.69) is 15.3 Å². The SMILES string of the molecule is Fc1cnc(NCCc2ccc3c(c2)OCCO3)nc1. The highest BCUT2D eigenvalue weighted by Crippen LogP contribution is 2.30. The summed E-state index contributed by atoms with van der Waals surface area (Å²) in [4.78, 5) is 7.68. The van der Waals surface area contributed by atoms with E-state index in [4.69, 9.17) is 9.47 Å². The van der Waals surface area contributed by atoms with Gasteiger partial charge < -0.3 is 14.8 Å². The van der Waals surface area contributed by atoms with Crippen molar-refractivity contribution in [3.63, 3.8) is 0 Å². The molecule has 2 heterocycles. The highest BCUT2D eigenvalue weighted by molar-refractivity contribution is 5.44. The molecule has 0 fully saturated rings. The molecule has 0 amide bonds. The van der Waals surface area contributed by atoms with Gasteiger partial charge in [0.05, 0.1) is 12.4 Å². The molecule has 1 N–H and O–H groups in total. The average Bonchev–Trinajstić information content (AvgIpc) is 2.49. The first-order valence-electron chi connectivity index (χ1n) is 6.41. The number of fused-ring (bicyclic) bond motifs is 1. The quantitative estimate of drug-likeness (QED) is 0.925. The lowest BCUT2D eigenvalue weighted by molar-refractivity contribution is 0.171. The maximum absolute atomic E-state index is 12.7. The van der Waals surface area contributed by atoms with Gasteiger partial charge in [0.15, 0.2) is 17.3 Å². The largest absolute Gasteiger partial charge is 0.486 e. The van der Waals surface area contributed by atoms with Crippen LogP contribution in [0.2, 0.25) is 0 Å². The Morgan fingerprint density at radius 1 is 1.10 bits per heavy atom. The predicted molar refractivity (Wildman–Crippen MR) is 71.6 cm³/mol. The van der Waals surface area contributed by atoms with Crippen LogP contribution in [0.1, 0.15) is 5.56 Å². The molecule has 5 nitrogen and oxygen atoms in total. The van der Waals surface area contributed by atoms with E-state index in [9.17, 15) is 4.39 Å². The fraction of sp³-hybridized carbons (Fsp3) is 0.286. The summed E-state index contributed by atoms with van der Waals surface area (Å²) in [6.07, 6.45) is 3.07. The molecular formula is C14H14FN3O2. The Bertz CT molecular complexity index is 589. The molecule has 0 atom stereocenters. The lowest BCUT2D eigenvalue weighted by Crippen LogP contribution is -2.15. The lowest BCUT2D eigenvalue weighted by Gasteiger charge is -2.18. The average molecular weight is 275 g/mol. The van der Waals surface area contributed by atoms with Crippen molar-refractivity contribution < 1.29 is 13.9 Å². The van der Waals surface area contributed by atoms with E-state index in [1.807, 2.05) is 18.2 Å². The molecule has 104 valence electrons. The second-order valence-corrected chi connectivity index (χ2v) is 4.38. The minimum Gasteiger partial charge on any atom is -0.486 e. The zero-order valence-corrected chi connectivity index (χ0v) is 10.8. The number of nitrogens with one attached hydrogen (secondary N) is 1. The van der Waals surface area contributed by atoms with Crippen molar-refractivity contribution in [3.8, 4) is 11.5 Å². The van der Waals surface area contributed by atoms with Gasteiger partial charge in [0.1, 0.15) is 13.2 Å². The molecule has 0 saturated carbocycles. The molecule has 6 heteroatoms. The van der Waals surface area contributed by atoms with Crippen LogP contribution in [0.25, 0.3) is 0 Å². The Hall–Kier alpha value is -2.37. The third kappa shape index (κ3) is 2.96. The van der Waals surface area contributed by atoms with Crippen molar-refractivity contribution in [2.75, 3.05) is 25.1 Å². The number of ether oxygens (including phenoxy) is 2. The van der Waals surface area contributed by atoms with Gasteiger partial charge in [-0.25, -0.2) is 14.4 Å². The van der Waals surface area contributed by atoms with Crippen molar-refractivity contribution >= 4 is 5.95 Å². The van der Waals surface area contributed by atoms with Crippen LogP contribution in [0, 0.1) is 5.82 Å². The summed E-state index contributed by atoms with van der Waals surface area (Å²) >= 11 is 0. The van der Waals surface area contributed by atoms with Crippen LogP contribution in [-0.4, -0.2) is 29.7 Å². The summed E-state index contributed by atoms with van der Waals surface area (Å²) in [6, 6.07) is 5.89.